The number of carbonyl (C=O) groups excluding carboxylic acids is 1. The third-order valence-electron chi connectivity index (χ3n) is 1.11. The van der Waals surface area contributed by atoms with Crippen LogP contribution in [-0.4, -0.2) is 36.2 Å². The van der Waals surface area contributed by atoms with Gasteiger partial charge in [-0.25, -0.2) is 0 Å². The standard InChI is InChI=1S/C6H10N4O2/c1-3-4-9(2)10(8-12)5-6(7)11/h1H,4-5H2,2H3,(H2,7,11). The summed E-state index contributed by atoms with van der Waals surface area (Å²) in [6.07, 6.45) is 4.97. The Morgan fingerprint density at radius 2 is 2.33 bits per heavy atom. The minimum atomic E-state index is -0.640. The van der Waals surface area contributed by atoms with E-state index in [-0.39, 0.29) is 13.1 Å². The van der Waals surface area contributed by atoms with E-state index in [1.165, 1.54) is 12.1 Å². The Morgan fingerprint density at radius 1 is 1.75 bits per heavy atom. The lowest BCUT2D eigenvalue weighted by molar-refractivity contribution is -0.123. The highest BCUT2D eigenvalue weighted by Crippen LogP contribution is 1.92. The highest BCUT2D eigenvalue weighted by molar-refractivity contribution is 5.75. The van der Waals surface area contributed by atoms with Gasteiger partial charge in [-0.05, 0) is 0 Å². The summed E-state index contributed by atoms with van der Waals surface area (Å²) in [5.74, 6) is 1.65. The van der Waals surface area contributed by atoms with Gasteiger partial charge in [-0.15, -0.1) is 11.3 Å². The Hall–Kier alpha value is -1.61. The molecule has 6 nitrogen and oxygen atoms in total. The number of nitrogens with zero attached hydrogens (tertiary/aromatic N) is 3. The third-order valence-corrected chi connectivity index (χ3v) is 1.11. The minimum absolute atomic E-state index is 0.193. The number of hydrogen-bond acceptors (Lipinski definition) is 4. The van der Waals surface area contributed by atoms with Gasteiger partial charge in [0.05, 0.1) is 11.8 Å². The Bertz CT molecular complexity index is 210. The van der Waals surface area contributed by atoms with E-state index < -0.39 is 5.91 Å². The molecule has 0 aromatic heterocycles. The first-order chi connectivity index (χ1) is 5.61. The smallest absolute Gasteiger partial charge is 0.240 e. The van der Waals surface area contributed by atoms with Crippen molar-refractivity contribution < 1.29 is 4.79 Å². The van der Waals surface area contributed by atoms with Crippen LogP contribution in [-0.2, 0) is 4.79 Å². The van der Waals surface area contributed by atoms with Crippen molar-refractivity contribution >= 4 is 5.91 Å². The molecule has 0 heterocycles. The summed E-state index contributed by atoms with van der Waals surface area (Å²) in [5.41, 5.74) is 4.85. The van der Waals surface area contributed by atoms with Gasteiger partial charge in [0.2, 0.25) is 5.91 Å². The van der Waals surface area contributed by atoms with E-state index in [9.17, 15) is 9.70 Å². The molecule has 0 saturated heterocycles. The SMILES string of the molecule is C#CCN(C)N(CC(N)=O)N=O. The van der Waals surface area contributed by atoms with Gasteiger partial charge < -0.3 is 5.73 Å². The number of carbonyl (C=O) groups is 1. The number of nitroso groups, excluding NO2 is 1. The first kappa shape index (κ1) is 10.4. The lowest BCUT2D eigenvalue weighted by Crippen LogP contribution is -2.41. The van der Waals surface area contributed by atoms with Gasteiger partial charge in [0, 0.05) is 7.05 Å². The fraction of sp³-hybridized carbons (Fsp3) is 0.500. The Kier molecular flexibility index (Phi) is 4.41. The van der Waals surface area contributed by atoms with Gasteiger partial charge in [0.1, 0.15) is 6.54 Å². The van der Waals surface area contributed by atoms with Crippen molar-refractivity contribution in [3.8, 4) is 12.3 Å². The molecular formula is C6H10N4O2. The van der Waals surface area contributed by atoms with Crippen LogP contribution in [0.5, 0.6) is 0 Å². The number of primary amides is 1. The van der Waals surface area contributed by atoms with Crippen molar-refractivity contribution in [1.29, 1.82) is 0 Å². The zero-order chi connectivity index (χ0) is 9.56. The van der Waals surface area contributed by atoms with E-state index in [0.29, 0.717) is 0 Å². The molecule has 0 aliphatic heterocycles. The molecule has 0 fully saturated rings. The molecule has 0 radical (unpaired) electrons. The van der Waals surface area contributed by atoms with Crippen LogP contribution in [0.2, 0.25) is 0 Å². The van der Waals surface area contributed by atoms with Crippen LogP contribution in [0.15, 0.2) is 5.29 Å². The van der Waals surface area contributed by atoms with E-state index in [0.717, 1.165) is 5.12 Å². The van der Waals surface area contributed by atoms with Crippen LogP contribution in [0.3, 0.4) is 0 Å². The summed E-state index contributed by atoms with van der Waals surface area (Å²) in [5, 5.41) is 4.74. The zero-order valence-electron chi connectivity index (χ0n) is 6.73. The second-order valence-electron chi connectivity index (χ2n) is 2.10. The largest absolute Gasteiger partial charge is 0.368 e. The molecule has 0 bridgehead atoms. The van der Waals surface area contributed by atoms with Crippen molar-refractivity contribution in [2.24, 2.45) is 11.0 Å². The molecule has 1 amide bonds. The van der Waals surface area contributed by atoms with Crippen molar-refractivity contribution in [2.75, 3.05) is 20.1 Å². The summed E-state index contributed by atoms with van der Waals surface area (Å²) in [4.78, 5) is 20.5. The normalized spacial score (nSPS) is 9.08. The number of nitrogens with two attached hydrogens (primary N) is 1. The topological polar surface area (TPSA) is 79.0 Å². The fourth-order valence-corrected chi connectivity index (χ4v) is 0.565. The van der Waals surface area contributed by atoms with Crippen LogP contribution < -0.4 is 5.73 Å². The first-order valence-electron chi connectivity index (χ1n) is 3.15. The summed E-state index contributed by atoms with van der Waals surface area (Å²) in [7, 11) is 1.53. The van der Waals surface area contributed by atoms with E-state index in [4.69, 9.17) is 12.2 Å². The van der Waals surface area contributed by atoms with Crippen LogP contribution in [0.25, 0.3) is 0 Å². The molecule has 0 rings (SSSR count). The number of hydrogen-bond donors (Lipinski definition) is 1. The van der Waals surface area contributed by atoms with Crippen molar-refractivity contribution in [2.45, 2.75) is 0 Å². The average Bonchev–Trinajstić information content (AvgIpc) is 2.00. The number of rotatable bonds is 5. The van der Waals surface area contributed by atoms with Crippen LogP contribution in [0.1, 0.15) is 0 Å². The lowest BCUT2D eigenvalue weighted by Gasteiger charge is -2.22. The van der Waals surface area contributed by atoms with Crippen molar-refractivity contribution in [3.05, 3.63) is 4.91 Å². The summed E-state index contributed by atoms with van der Waals surface area (Å²) in [6.45, 7) is -0.0688. The van der Waals surface area contributed by atoms with Gasteiger partial charge in [-0.2, -0.15) is 10.1 Å². The summed E-state index contributed by atoms with van der Waals surface area (Å²) < 4.78 is 0. The summed E-state index contributed by atoms with van der Waals surface area (Å²) in [6, 6.07) is 0. The molecule has 0 aromatic rings. The highest BCUT2D eigenvalue weighted by atomic mass is 16.3. The average molecular weight is 170 g/mol. The number of terminal acetylenes is 1. The van der Waals surface area contributed by atoms with Crippen LogP contribution >= 0.6 is 0 Å². The van der Waals surface area contributed by atoms with Gasteiger partial charge in [-0.1, -0.05) is 5.92 Å². The second-order valence-corrected chi connectivity index (χ2v) is 2.10. The molecule has 0 aliphatic carbocycles. The molecular weight excluding hydrogens is 160 g/mol. The minimum Gasteiger partial charge on any atom is -0.368 e. The molecule has 0 unspecified atom stereocenters. The second kappa shape index (κ2) is 5.09. The molecule has 2 N–H and O–H groups in total. The maximum atomic E-state index is 10.4. The van der Waals surface area contributed by atoms with Crippen LogP contribution in [0, 0.1) is 17.3 Å². The highest BCUT2D eigenvalue weighted by Gasteiger charge is 2.10. The lowest BCUT2D eigenvalue weighted by atomic mass is 10.6. The molecule has 0 aromatic carbocycles. The van der Waals surface area contributed by atoms with E-state index in [1.54, 1.807) is 0 Å². The quantitative estimate of drug-likeness (QED) is 0.324. The summed E-state index contributed by atoms with van der Waals surface area (Å²) >= 11 is 0. The molecule has 0 atom stereocenters. The van der Waals surface area contributed by atoms with E-state index in [2.05, 4.69) is 11.2 Å². The van der Waals surface area contributed by atoms with Gasteiger partial charge >= 0.3 is 0 Å². The Labute approximate surface area is 70.2 Å². The number of hydrazine groups is 1. The Balaban J connectivity index is 4.06. The Morgan fingerprint density at radius 3 is 2.67 bits per heavy atom. The number of amides is 1. The molecule has 12 heavy (non-hydrogen) atoms. The van der Waals surface area contributed by atoms with Crippen LogP contribution in [0.4, 0.5) is 0 Å². The fourth-order valence-electron chi connectivity index (χ4n) is 0.565. The van der Waals surface area contributed by atoms with Gasteiger partial charge in [-0.3, -0.25) is 4.79 Å². The van der Waals surface area contributed by atoms with Gasteiger partial charge in [0.25, 0.3) is 0 Å². The molecule has 0 spiro atoms. The van der Waals surface area contributed by atoms with Crippen molar-refractivity contribution in [3.63, 3.8) is 0 Å². The zero-order valence-corrected chi connectivity index (χ0v) is 6.73. The van der Waals surface area contributed by atoms with Gasteiger partial charge in [0.15, 0.2) is 0 Å². The molecule has 66 valence electrons. The maximum absolute atomic E-state index is 10.4. The molecule has 0 saturated carbocycles. The predicted molar refractivity (Wildman–Crippen MR) is 43.2 cm³/mol. The van der Waals surface area contributed by atoms with E-state index >= 15 is 0 Å². The molecule has 6 heteroatoms. The third kappa shape index (κ3) is 3.53. The van der Waals surface area contributed by atoms with E-state index in [1.807, 2.05) is 0 Å². The predicted octanol–water partition coefficient (Wildman–Crippen LogP) is -1.06. The van der Waals surface area contributed by atoms with Crippen molar-refractivity contribution in [1.82, 2.24) is 10.1 Å². The maximum Gasteiger partial charge on any atom is 0.240 e. The monoisotopic (exact) mass is 170 g/mol. The first-order valence-corrected chi connectivity index (χ1v) is 3.15. The molecule has 0 aliphatic rings.